The summed E-state index contributed by atoms with van der Waals surface area (Å²) in [5.74, 6) is 1.89. The molecule has 3 heterocycles. The van der Waals surface area contributed by atoms with E-state index in [0.29, 0.717) is 30.2 Å². The number of aromatic nitrogens is 2. The van der Waals surface area contributed by atoms with E-state index in [1.807, 2.05) is 48.2 Å². The van der Waals surface area contributed by atoms with Gasteiger partial charge in [0.1, 0.15) is 5.82 Å². The lowest BCUT2D eigenvalue weighted by Gasteiger charge is -2.17. The normalized spacial score (nSPS) is 16.9. The number of amides is 1. The average molecular weight is 375 g/mol. The zero-order chi connectivity index (χ0) is 19.3. The van der Waals surface area contributed by atoms with Crippen molar-refractivity contribution in [1.29, 1.82) is 0 Å². The molecule has 1 saturated heterocycles. The van der Waals surface area contributed by atoms with Crippen molar-refractivity contribution in [3.05, 3.63) is 60.1 Å². The Morgan fingerprint density at radius 3 is 2.93 bits per heavy atom. The molecule has 5 rings (SSSR count). The summed E-state index contributed by atoms with van der Waals surface area (Å²) in [5.41, 5.74) is 2.72. The second-order valence-corrected chi connectivity index (χ2v) is 7.20. The number of hydrogen-bond donors (Lipinski definition) is 0. The van der Waals surface area contributed by atoms with E-state index in [2.05, 4.69) is 15.6 Å². The van der Waals surface area contributed by atoms with E-state index in [1.54, 1.807) is 13.2 Å². The minimum atomic E-state index is -0.0807. The average Bonchev–Trinajstić information content (AvgIpc) is 3.42. The first-order valence-corrected chi connectivity index (χ1v) is 9.45. The quantitative estimate of drug-likeness (QED) is 0.539. The lowest BCUT2D eigenvalue weighted by molar-refractivity contribution is 0.0758. The van der Waals surface area contributed by atoms with Crippen LogP contribution in [0.25, 0.3) is 22.0 Å². The van der Waals surface area contributed by atoms with E-state index in [0.717, 1.165) is 28.7 Å². The van der Waals surface area contributed by atoms with Crippen LogP contribution >= 0.6 is 0 Å². The van der Waals surface area contributed by atoms with Crippen molar-refractivity contribution in [3.63, 3.8) is 0 Å². The molecule has 2 aromatic heterocycles. The van der Waals surface area contributed by atoms with Crippen LogP contribution < -0.4 is 4.74 Å². The molecule has 0 spiro atoms. The van der Waals surface area contributed by atoms with Crippen LogP contribution in [0.3, 0.4) is 0 Å². The molecule has 2 aromatic carbocycles. The van der Waals surface area contributed by atoms with Gasteiger partial charge < -0.3 is 18.6 Å². The van der Waals surface area contributed by atoms with Crippen LogP contribution in [-0.2, 0) is 0 Å². The number of carbonyl (C=O) groups excluding carboxylic acids is 1. The van der Waals surface area contributed by atoms with Gasteiger partial charge in [0, 0.05) is 18.5 Å². The SMILES string of the molecule is COc1cccc2cc(C(=O)N3CC[C@@H](n4c(C)nc5ccccc54)C3)oc12. The fourth-order valence-corrected chi connectivity index (χ4v) is 4.22. The smallest absolute Gasteiger partial charge is 0.289 e. The van der Waals surface area contributed by atoms with E-state index in [9.17, 15) is 4.79 Å². The van der Waals surface area contributed by atoms with Gasteiger partial charge in [-0.25, -0.2) is 4.98 Å². The third kappa shape index (κ3) is 2.56. The molecule has 1 aliphatic rings. The molecule has 0 aliphatic carbocycles. The first-order valence-electron chi connectivity index (χ1n) is 9.45. The van der Waals surface area contributed by atoms with Crippen LogP contribution in [0.5, 0.6) is 5.75 Å². The number of fused-ring (bicyclic) bond motifs is 2. The van der Waals surface area contributed by atoms with Crippen LogP contribution in [0, 0.1) is 6.92 Å². The number of ether oxygens (including phenoxy) is 1. The van der Waals surface area contributed by atoms with E-state index in [1.165, 1.54) is 0 Å². The monoisotopic (exact) mass is 375 g/mol. The molecule has 0 bridgehead atoms. The molecular weight excluding hydrogens is 354 g/mol. The summed E-state index contributed by atoms with van der Waals surface area (Å²) in [6, 6.07) is 15.8. The number of furan rings is 1. The maximum atomic E-state index is 13.0. The third-order valence-corrected chi connectivity index (χ3v) is 5.53. The molecule has 0 saturated carbocycles. The molecule has 1 aliphatic heterocycles. The van der Waals surface area contributed by atoms with Crippen LogP contribution in [0.15, 0.2) is 52.9 Å². The second kappa shape index (κ2) is 6.41. The number of rotatable bonds is 3. The van der Waals surface area contributed by atoms with Crippen molar-refractivity contribution < 1.29 is 13.9 Å². The van der Waals surface area contributed by atoms with Gasteiger partial charge in [-0.1, -0.05) is 24.3 Å². The molecule has 0 unspecified atom stereocenters. The Bertz CT molecular complexity index is 1190. The highest BCUT2D eigenvalue weighted by molar-refractivity contribution is 5.97. The van der Waals surface area contributed by atoms with Crippen molar-refractivity contribution in [2.45, 2.75) is 19.4 Å². The van der Waals surface area contributed by atoms with E-state index < -0.39 is 0 Å². The summed E-state index contributed by atoms with van der Waals surface area (Å²) in [6.07, 6.45) is 0.899. The van der Waals surface area contributed by atoms with Gasteiger partial charge in [0.15, 0.2) is 17.1 Å². The van der Waals surface area contributed by atoms with Crippen molar-refractivity contribution in [2.24, 2.45) is 0 Å². The molecule has 0 N–H and O–H groups in total. The number of likely N-dealkylation sites (tertiary alicyclic amines) is 1. The third-order valence-electron chi connectivity index (χ3n) is 5.53. The largest absolute Gasteiger partial charge is 0.493 e. The zero-order valence-electron chi connectivity index (χ0n) is 15.9. The highest BCUT2D eigenvalue weighted by atomic mass is 16.5. The van der Waals surface area contributed by atoms with Gasteiger partial charge in [0.05, 0.1) is 24.2 Å². The molecule has 1 atom stereocenters. The van der Waals surface area contributed by atoms with Crippen molar-refractivity contribution in [3.8, 4) is 5.75 Å². The van der Waals surface area contributed by atoms with Crippen molar-refractivity contribution in [1.82, 2.24) is 14.5 Å². The zero-order valence-corrected chi connectivity index (χ0v) is 15.9. The molecule has 0 radical (unpaired) electrons. The Kier molecular flexibility index (Phi) is 3.86. The Balaban J connectivity index is 1.43. The number of hydrogen-bond acceptors (Lipinski definition) is 4. The number of methoxy groups -OCH3 is 1. The second-order valence-electron chi connectivity index (χ2n) is 7.20. The predicted octanol–water partition coefficient (Wildman–Crippen LogP) is 4.19. The molecular formula is C22H21N3O3. The minimum Gasteiger partial charge on any atom is -0.493 e. The summed E-state index contributed by atoms with van der Waals surface area (Å²) in [6.45, 7) is 3.37. The first kappa shape index (κ1) is 16.9. The lowest BCUT2D eigenvalue weighted by atomic mass is 10.2. The summed E-state index contributed by atoms with van der Waals surface area (Å²) < 4.78 is 13.4. The first-order chi connectivity index (χ1) is 13.7. The predicted molar refractivity (Wildman–Crippen MR) is 107 cm³/mol. The molecule has 1 amide bonds. The highest BCUT2D eigenvalue weighted by Gasteiger charge is 2.31. The van der Waals surface area contributed by atoms with Crippen LogP contribution in [0.4, 0.5) is 0 Å². The molecule has 1 fully saturated rings. The molecule has 142 valence electrons. The number of aryl methyl sites for hydroxylation is 1. The van der Waals surface area contributed by atoms with Gasteiger partial charge in [-0.2, -0.15) is 0 Å². The molecule has 6 heteroatoms. The summed E-state index contributed by atoms with van der Waals surface area (Å²) in [4.78, 5) is 19.6. The van der Waals surface area contributed by atoms with Crippen LogP contribution in [0.2, 0.25) is 0 Å². The number of carbonyl (C=O) groups is 1. The number of imidazole rings is 1. The van der Waals surface area contributed by atoms with E-state index >= 15 is 0 Å². The Morgan fingerprint density at radius 1 is 1.21 bits per heavy atom. The van der Waals surface area contributed by atoms with Crippen LogP contribution in [-0.4, -0.2) is 40.6 Å². The summed E-state index contributed by atoms with van der Waals surface area (Å²) in [5, 5.41) is 0.870. The topological polar surface area (TPSA) is 60.5 Å². The standard InChI is InChI=1S/C22H21N3O3/c1-14-23-17-7-3-4-8-18(17)25(14)16-10-11-24(13-16)22(26)20-12-15-6-5-9-19(27-2)21(15)28-20/h3-9,12,16H,10-11,13H2,1-2H3/t16-/m1/s1. The van der Waals surface area contributed by atoms with Gasteiger partial charge in [-0.3, -0.25) is 4.79 Å². The van der Waals surface area contributed by atoms with Crippen LogP contribution in [0.1, 0.15) is 28.8 Å². The fraction of sp³-hybridized carbons (Fsp3) is 0.273. The highest BCUT2D eigenvalue weighted by Crippen LogP contribution is 2.32. The van der Waals surface area contributed by atoms with Gasteiger partial charge in [0.25, 0.3) is 5.91 Å². The Morgan fingerprint density at radius 2 is 2.07 bits per heavy atom. The summed E-state index contributed by atoms with van der Waals surface area (Å²) in [7, 11) is 1.60. The van der Waals surface area contributed by atoms with Crippen molar-refractivity contribution >= 4 is 27.9 Å². The van der Waals surface area contributed by atoms with Gasteiger partial charge in [0.2, 0.25) is 0 Å². The minimum absolute atomic E-state index is 0.0807. The maximum Gasteiger partial charge on any atom is 0.289 e. The maximum absolute atomic E-state index is 13.0. The van der Waals surface area contributed by atoms with Crippen molar-refractivity contribution in [2.75, 3.05) is 20.2 Å². The van der Waals surface area contributed by atoms with Gasteiger partial charge in [-0.15, -0.1) is 0 Å². The number of para-hydroxylation sites is 3. The number of nitrogens with zero attached hydrogens (tertiary/aromatic N) is 3. The fourth-order valence-electron chi connectivity index (χ4n) is 4.22. The van der Waals surface area contributed by atoms with Gasteiger partial charge >= 0.3 is 0 Å². The molecule has 28 heavy (non-hydrogen) atoms. The lowest BCUT2D eigenvalue weighted by Crippen LogP contribution is -2.28. The Labute approximate surface area is 162 Å². The molecule has 6 nitrogen and oxygen atoms in total. The number of benzene rings is 2. The summed E-state index contributed by atoms with van der Waals surface area (Å²) >= 11 is 0. The Hall–Kier alpha value is -3.28. The molecule has 4 aromatic rings. The van der Waals surface area contributed by atoms with Gasteiger partial charge in [-0.05, 0) is 37.6 Å². The van der Waals surface area contributed by atoms with E-state index in [-0.39, 0.29) is 11.9 Å². The van der Waals surface area contributed by atoms with E-state index in [4.69, 9.17) is 9.15 Å².